The number of carbonyl (C=O) groups excluding carboxylic acids is 1. The summed E-state index contributed by atoms with van der Waals surface area (Å²) in [6, 6.07) is 0. The first-order valence-electron chi connectivity index (χ1n) is 7.35. The molecule has 1 aromatic heterocycles. The monoisotopic (exact) mass is 296 g/mol. The summed E-state index contributed by atoms with van der Waals surface area (Å²) in [5.41, 5.74) is 0.720. The Labute approximate surface area is 124 Å². The molecule has 1 aliphatic heterocycles. The first kappa shape index (κ1) is 15.4. The molecule has 0 spiro atoms. The van der Waals surface area contributed by atoms with Crippen molar-refractivity contribution >= 4 is 17.4 Å². The van der Waals surface area contributed by atoms with Crippen LogP contribution in [-0.2, 0) is 0 Å². The molecule has 1 saturated heterocycles. The summed E-state index contributed by atoms with van der Waals surface area (Å²) in [5, 5.41) is 6.91. The number of aryl methyl sites for hydroxylation is 1. The highest BCUT2D eigenvalue weighted by molar-refractivity contribution is 7.07. The Balaban J connectivity index is 1.79. The van der Waals surface area contributed by atoms with E-state index in [1.807, 2.05) is 6.92 Å². The fourth-order valence-corrected chi connectivity index (χ4v) is 3.33. The minimum atomic E-state index is -0.0292. The largest absolute Gasteiger partial charge is 0.351 e. The number of carbonyl (C=O) groups is 1. The highest BCUT2D eigenvalue weighted by Gasteiger charge is 2.21. The van der Waals surface area contributed by atoms with Crippen LogP contribution in [0.4, 0.5) is 0 Å². The Morgan fingerprint density at radius 3 is 3.00 bits per heavy atom. The van der Waals surface area contributed by atoms with Crippen LogP contribution in [0.5, 0.6) is 0 Å². The van der Waals surface area contributed by atoms with E-state index >= 15 is 0 Å². The van der Waals surface area contributed by atoms with Crippen LogP contribution < -0.4 is 5.32 Å². The molecule has 0 unspecified atom stereocenters. The molecule has 0 saturated carbocycles. The van der Waals surface area contributed by atoms with Crippen molar-refractivity contribution in [2.24, 2.45) is 11.8 Å². The van der Waals surface area contributed by atoms with Crippen molar-refractivity contribution in [2.45, 2.75) is 33.6 Å². The van der Waals surface area contributed by atoms with Gasteiger partial charge >= 0.3 is 0 Å². The Morgan fingerprint density at radius 2 is 2.35 bits per heavy atom. The van der Waals surface area contributed by atoms with Crippen molar-refractivity contribution in [3.05, 3.63) is 10.6 Å². The van der Waals surface area contributed by atoms with Crippen LogP contribution in [0.25, 0.3) is 0 Å². The molecule has 1 aliphatic rings. The molecule has 1 fully saturated rings. The van der Waals surface area contributed by atoms with Crippen molar-refractivity contribution in [3.63, 3.8) is 0 Å². The molecule has 0 aliphatic carbocycles. The van der Waals surface area contributed by atoms with E-state index in [1.165, 1.54) is 30.9 Å². The second-order valence-corrected chi connectivity index (χ2v) is 6.81. The number of amides is 1. The summed E-state index contributed by atoms with van der Waals surface area (Å²) in [6.45, 7) is 10.5. The van der Waals surface area contributed by atoms with Gasteiger partial charge in [-0.05, 0) is 49.7 Å². The maximum absolute atomic E-state index is 12.0. The van der Waals surface area contributed by atoms with E-state index in [-0.39, 0.29) is 5.91 Å². The lowest BCUT2D eigenvalue weighted by Crippen LogP contribution is -2.42. The molecule has 6 heteroatoms. The summed E-state index contributed by atoms with van der Waals surface area (Å²) in [4.78, 5) is 15.2. The number of rotatable bonds is 5. The van der Waals surface area contributed by atoms with Crippen LogP contribution in [0.15, 0.2) is 0 Å². The standard InChI is InChI=1S/C14H24N4OS/c1-10(2)8-18-6-4-5-12(9-18)7-15-14(19)13-11(3)16-17-20-13/h10,12H,4-9H2,1-3H3,(H,15,19)/t12-/m0/s1. The summed E-state index contributed by atoms with van der Waals surface area (Å²) in [5.74, 6) is 1.24. The number of piperidine rings is 1. The normalized spacial score (nSPS) is 20.3. The lowest BCUT2D eigenvalue weighted by Gasteiger charge is -2.33. The molecule has 1 amide bonds. The zero-order chi connectivity index (χ0) is 14.5. The fraction of sp³-hybridized carbons (Fsp3) is 0.786. The molecule has 112 valence electrons. The molecule has 1 aromatic rings. The molecular formula is C14H24N4OS. The maximum atomic E-state index is 12.0. The third kappa shape index (κ3) is 4.24. The van der Waals surface area contributed by atoms with Gasteiger partial charge in [0, 0.05) is 19.6 Å². The average Bonchev–Trinajstić information content (AvgIpc) is 2.82. The number of nitrogens with zero attached hydrogens (tertiary/aromatic N) is 3. The van der Waals surface area contributed by atoms with E-state index in [0.717, 1.165) is 25.3 Å². The van der Waals surface area contributed by atoms with Gasteiger partial charge in [0.15, 0.2) is 0 Å². The molecule has 2 rings (SSSR count). The van der Waals surface area contributed by atoms with Crippen LogP contribution >= 0.6 is 11.5 Å². The molecular weight excluding hydrogens is 272 g/mol. The van der Waals surface area contributed by atoms with Gasteiger partial charge in [0.1, 0.15) is 4.88 Å². The first-order valence-corrected chi connectivity index (χ1v) is 8.13. The SMILES string of the molecule is Cc1nnsc1C(=O)NC[C@@H]1CCCN(CC(C)C)C1. The van der Waals surface area contributed by atoms with Crippen molar-refractivity contribution in [3.8, 4) is 0 Å². The molecule has 20 heavy (non-hydrogen) atoms. The van der Waals surface area contributed by atoms with E-state index in [0.29, 0.717) is 16.7 Å². The molecule has 0 radical (unpaired) electrons. The second-order valence-electron chi connectivity index (χ2n) is 6.06. The van der Waals surface area contributed by atoms with Crippen LogP contribution in [0.1, 0.15) is 42.1 Å². The summed E-state index contributed by atoms with van der Waals surface area (Å²) >= 11 is 1.17. The molecule has 0 aromatic carbocycles. The van der Waals surface area contributed by atoms with Gasteiger partial charge in [-0.15, -0.1) is 5.10 Å². The topological polar surface area (TPSA) is 58.1 Å². The molecule has 1 atom stereocenters. The van der Waals surface area contributed by atoms with Crippen molar-refractivity contribution in [1.82, 2.24) is 19.8 Å². The quantitative estimate of drug-likeness (QED) is 0.902. The predicted octanol–water partition coefficient (Wildman–Crippen LogP) is 1.94. The van der Waals surface area contributed by atoms with Gasteiger partial charge in [-0.3, -0.25) is 4.79 Å². The zero-order valence-corrected chi connectivity index (χ0v) is 13.4. The Morgan fingerprint density at radius 1 is 1.55 bits per heavy atom. The smallest absolute Gasteiger partial charge is 0.264 e. The summed E-state index contributed by atoms with van der Waals surface area (Å²) in [6.07, 6.45) is 2.43. The second kappa shape index (κ2) is 7.13. The van der Waals surface area contributed by atoms with Gasteiger partial charge in [-0.25, -0.2) is 0 Å². The third-order valence-electron chi connectivity index (χ3n) is 3.64. The molecule has 2 heterocycles. The van der Waals surface area contributed by atoms with Crippen molar-refractivity contribution in [1.29, 1.82) is 0 Å². The fourth-order valence-electron chi connectivity index (χ4n) is 2.76. The van der Waals surface area contributed by atoms with Crippen LogP contribution in [-0.4, -0.2) is 46.6 Å². The van der Waals surface area contributed by atoms with Gasteiger partial charge in [-0.2, -0.15) is 0 Å². The van der Waals surface area contributed by atoms with Gasteiger partial charge in [0.2, 0.25) is 0 Å². The van der Waals surface area contributed by atoms with Gasteiger partial charge in [0.05, 0.1) is 5.69 Å². The van der Waals surface area contributed by atoms with E-state index in [1.54, 1.807) is 0 Å². The predicted molar refractivity (Wildman–Crippen MR) is 81.0 cm³/mol. The highest BCUT2D eigenvalue weighted by Crippen LogP contribution is 2.17. The van der Waals surface area contributed by atoms with E-state index < -0.39 is 0 Å². The Kier molecular flexibility index (Phi) is 5.48. The van der Waals surface area contributed by atoms with Gasteiger partial charge < -0.3 is 10.2 Å². The third-order valence-corrected chi connectivity index (χ3v) is 4.46. The maximum Gasteiger partial charge on any atom is 0.264 e. The lowest BCUT2D eigenvalue weighted by atomic mass is 9.97. The number of aromatic nitrogens is 2. The Hall–Kier alpha value is -1.01. The average molecular weight is 296 g/mol. The van der Waals surface area contributed by atoms with Gasteiger partial charge in [0.25, 0.3) is 5.91 Å². The first-order chi connectivity index (χ1) is 9.56. The molecule has 1 N–H and O–H groups in total. The van der Waals surface area contributed by atoms with Gasteiger partial charge in [-0.1, -0.05) is 18.3 Å². The highest BCUT2D eigenvalue weighted by atomic mass is 32.1. The Bertz CT molecular complexity index is 446. The van der Waals surface area contributed by atoms with Crippen molar-refractivity contribution < 1.29 is 4.79 Å². The van der Waals surface area contributed by atoms with Crippen LogP contribution in [0.2, 0.25) is 0 Å². The summed E-state index contributed by atoms with van der Waals surface area (Å²) < 4.78 is 3.80. The lowest BCUT2D eigenvalue weighted by molar-refractivity contribution is 0.0932. The number of nitrogens with one attached hydrogen (secondary N) is 1. The molecule has 0 bridgehead atoms. The van der Waals surface area contributed by atoms with Crippen LogP contribution in [0.3, 0.4) is 0 Å². The van der Waals surface area contributed by atoms with Crippen molar-refractivity contribution in [2.75, 3.05) is 26.2 Å². The van der Waals surface area contributed by atoms with E-state index in [9.17, 15) is 4.79 Å². The minimum absolute atomic E-state index is 0.0292. The number of hydrogen-bond acceptors (Lipinski definition) is 5. The molecule has 5 nitrogen and oxygen atoms in total. The minimum Gasteiger partial charge on any atom is -0.351 e. The number of likely N-dealkylation sites (tertiary alicyclic amines) is 1. The number of hydrogen-bond donors (Lipinski definition) is 1. The van der Waals surface area contributed by atoms with E-state index in [2.05, 4.69) is 33.7 Å². The zero-order valence-electron chi connectivity index (χ0n) is 12.6. The van der Waals surface area contributed by atoms with Crippen LogP contribution in [0, 0.1) is 18.8 Å². The van der Waals surface area contributed by atoms with E-state index in [4.69, 9.17) is 0 Å². The summed E-state index contributed by atoms with van der Waals surface area (Å²) in [7, 11) is 0.